The molecule has 0 bridgehead atoms. The molecular formula is C12H18N2O. The summed E-state index contributed by atoms with van der Waals surface area (Å²) in [5, 5.41) is 10.00. The highest BCUT2D eigenvalue weighted by molar-refractivity contribution is 5.06. The van der Waals surface area contributed by atoms with Crippen molar-refractivity contribution in [3.05, 3.63) is 30.1 Å². The maximum atomic E-state index is 10.00. The third kappa shape index (κ3) is 2.55. The number of rotatable bonds is 4. The SMILES string of the molecule is CCCC1(O)CN(Cc2ccccn2)C1. The van der Waals surface area contributed by atoms with Crippen molar-refractivity contribution in [3.63, 3.8) is 0 Å². The summed E-state index contributed by atoms with van der Waals surface area (Å²) >= 11 is 0. The molecule has 0 unspecified atom stereocenters. The lowest BCUT2D eigenvalue weighted by atomic mass is 9.89. The first kappa shape index (κ1) is 10.6. The minimum absolute atomic E-state index is 0.427. The monoisotopic (exact) mass is 206 g/mol. The summed E-state index contributed by atoms with van der Waals surface area (Å²) in [5.74, 6) is 0. The first-order chi connectivity index (χ1) is 7.22. The average Bonchev–Trinajstić information content (AvgIpc) is 2.17. The first-order valence-corrected chi connectivity index (χ1v) is 5.56. The van der Waals surface area contributed by atoms with Gasteiger partial charge in [-0.1, -0.05) is 19.4 Å². The Morgan fingerprint density at radius 2 is 2.27 bits per heavy atom. The molecule has 0 aromatic carbocycles. The third-order valence-electron chi connectivity index (χ3n) is 2.86. The zero-order chi connectivity index (χ0) is 10.7. The zero-order valence-electron chi connectivity index (χ0n) is 9.19. The number of pyridine rings is 1. The fourth-order valence-corrected chi connectivity index (χ4v) is 2.24. The summed E-state index contributed by atoms with van der Waals surface area (Å²) < 4.78 is 0. The zero-order valence-corrected chi connectivity index (χ0v) is 9.19. The molecule has 82 valence electrons. The van der Waals surface area contributed by atoms with E-state index in [-0.39, 0.29) is 0 Å². The van der Waals surface area contributed by atoms with Crippen LogP contribution in [0.2, 0.25) is 0 Å². The molecule has 2 rings (SSSR count). The smallest absolute Gasteiger partial charge is 0.0900 e. The summed E-state index contributed by atoms with van der Waals surface area (Å²) in [6.07, 6.45) is 3.77. The van der Waals surface area contributed by atoms with Crippen LogP contribution in [0, 0.1) is 0 Å². The second-order valence-electron chi connectivity index (χ2n) is 4.44. The molecule has 0 atom stereocenters. The van der Waals surface area contributed by atoms with Crippen LogP contribution >= 0.6 is 0 Å². The highest BCUT2D eigenvalue weighted by Gasteiger charge is 2.39. The van der Waals surface area contributed by atoms with Crippen molar-refractivity contribution >= 4 is 0 Å². The number of nitrogens with zero attached hydrogens (tertiary/aromatic N) is 2. The number of hydrogen-bond acceptors (Lipinski definition) is 3. The number of β-amino-alcohol motifs (C(OH)–C–C–N with tert-alkyl or cyclic N) is 1. The predicted molar refractivity (Wildman–Crippen MR) is 59.4 cm³/mol. The van der Waals surface area contributed by atoms with Gasteiger partial charge in [0.2, 0.25) is 0 Å². The lowest BCUT2D eigenvalue weighted by Crippen LogP contribution is -2.61. The lowest BCUT2D eigenvalue weighted by Gasteiger charge is -2.46. The Labute approximate surface area is 90.8 Å². The normalized spacial score (nSPS) is 19.9. The van der Waals surface area contributed by atoms with Gasteiger partial charge < -0.3 is 5.11 Å². The highest BCUT2D eigenvalue weighted by atomic mass is 16.3. The number of hydrogen-bond donors (Lipinski definition) is 1. The maximum absolute atomic E-state index is 10.00. The molecule has 0 aliphatic carbocycles. The van der Waals surface area contributed by atoms with E-state index in [1.54, 1.807) is 0 Å². The molecule has 15 heavy (non-hydrogen) atoms. The summed E-state index contributed by atoms with van der Waals surface area (Å²) in [6, 6.07) is 5.95. The molecule has 1 aromatic heterocycles. The lowest BCUT2D eigenvalue weighted by molar-refractivity contribution is -0.107. The van der Waals surface area contributed by atoms with Gasteiger partial charge in [-0.05, 0) is 18.6 Å². The molecule has 0 saturated carbocycles. The quantitative estimate of drug-likeness (QED) is 0.809. The molecule has 0 amide bonds. The van der Waals surface area contributed by atoms with Crippen LogP contribution in [0.1, 0.15) is 25.5 Å². The first-order valence-electron chi connectivity index (χ1n) is 5.56. The minimum Gasteiger partial charge on any atom is -0.387 e. The Bertz CT molecular complexity index is 307. The van der Waals surface area contributed by atoms with Crippen LogP contribution in [0.3, 0.4) is 0 Å². The van der Waals surface area contributed by atoms with Crippen molar-refractivity contribution in [3.8, 4) is 0 Å². The van der Waals surface area contributed by atoms with E-state index in [0.717, 1.165) is 38.2 Å². The molecule has 1 aliphatic rings. The van der Waals surface area contributed by atoms with E-state index < -0.39 is 5.60 Å². The van der Waals surface area contributed by atoms with Crippen LogP contribution in [0.5, 0.6) is 0 Å². The van der Waals surface area contributed by atoms with Gasteiger partial charge in [0.25, 0.3) is 0 Å². The minimum atomic E-state index is -0.427. The van der Waals surface area contributed by atoms with Gasteiger partial charge in [-0.2, -0.15) is 0 Å². The molecule has 3 heteroatoms. The largest absolute Gasteiger partial charge is 0.387 e. The Kier molecular flexibility index (Phi) is 3.03. The molecule has 1 fully saturated rings. The van der Waals surface area contributed by atoms with Gasteiger partial charge in [-0.15, -0.1) is 0 Å². The van der Waals surface area contributed by atoms with Crippen molar-refractivity contribution < 1.29 is 5.11 Å². The average molecular weight is 206 g/mol. The van der Waals surface area contributed by atoms with Crippen molar-refractivity contribution in [2.45, 2.75) is 31.9 Å². The molecule has 0 spiro atoms. The number of likely N-dealkylation sites (tertiary alicyclic amines) is 1. The molecule has 1 aliphatic heterocycles. The standard InChI is InChI=1S/C12H18N2O/c1-2-6-12(15)9-14(10-12)8-11-5-3-4-7-13-11/h3-5,7,15H,2,6,8-10H2,1H3. The van der Waals surface area contributed by atoms with E-state index in [1.165, 1.54) is 0 Å². The predicted octanol–water partition coefficient (Wildman–Crippen LogP) is 1.43. The van der Waals surface area contributed by atoms with Gasteiger partial charge in [-0.3, -0.25) is 9.88 Å². The van der Waals surface area contributed by atoms with Crippen LogP contribution in [0.4, 0.5) is 0 Å². The van der Waals surface area contributed by atoms with Crippen molar-refractivity contribution in [2.75, 3.05) is 13.1 Å². The van der Waals surface area contributed by atoms with Gasteiger partial charge in [0.15, 0.2) is 0 Å². The number of aromatic nitrogens is 1. The Morgan fingerprint density at radius 1 is 1.47 bits per heavy atom. The second kappa shape index (κ2) is 4.29. The summed E-state index contributed by atoms with van der Waals surface area (Å²) in [4.78, 5) is 6.51. The Hall–Kier alpha value is -0.930. The fraction of sp³-hybridized carbons (Fsp3) is 0.583. The van der Waals surface area contributed by atoms with Crippen LogP contribution in [-0.2, 0) is 6.54 Å². The summed E-state index contributed by atoms with van der Waals surface area (Å²) in [7, 11) is 0. The van der Waals surface area contributed by atoms with Gasteiger partial charge in [-0.25, -0.2) is 0 Å². The van der Waals surface area contributed by atoms with E-state index in [9.17, 15) is 5.11 Å². The van der Waals surface area contributed by atoms with Crippen molar-refractivity contribution in [1.82, 2.24) is 9.88 Å². The van der Waals surface area contributed by atoms with E-state index in [1.807, 2.05) is 24.4 Å². The van der Waals surface area contributed by atoms with Crippen molar-refractivity contribution in [1.29, 1.82) is 0 Å². The fourth-order valence-electron chi connectivity index (χ4n) is 2.24. The van der Waals surface area contributed by atoms with E-state index in [4.69, 9.17) is 0 Å². The van der Waals surface area contributed by atoms with Crippen LogP contribution in [0.25, 0.3) is 0 Å². The molecule has 0 radical (unpaired) electrons. The van der Waals surface area contributed by atoms with Gasteiger partial charge >= 0.3 is 0 Å². The summed E-state index contributed by atoms with van der Waals surface area (Å²) in [5.41, 5.74) is 0.653. The van der Waals surface area contributed by atoms with Crippen molar-refractivity contribution in [2.24, 2.45) is 0 Å². The molecule has 2 heterocycles. The van der Waals surface area contributed by atoms with Gasteiger partial charge in [0.05, 0.1) is 11.3 Å². The van der Waals surface area contributed by atoms with E-state index in [0.29, 0.717) is 0 Å². The van der Waals surface area contributed by atoms with Crippen LogP contribution in [-0.4, -0.2) is 33.7 Å². The topological polar surface area (TPSA) is 36.4 Å². The number of aliphatic hydroxyl groups is 1. The molecule has 3 nitrogen and oxygen atoms in total. The molecular weight excluding hydrogens is 188 g/mol. The highest BCUT2D eigenvalue weighted by Crippen LogP contribution is 2.26. The molecule has 1 saturated heterocycles. The van der Waals surface area contributed by atoms with Gasteiger partial charge in [0, 0.05) is 25.8 Å². The Morgan fingerprint density at radius 3 is 2.87 bits per heavy atom. The van der Waals surface area contributed by atoms with E-state index >= 15 is 0 Å². The van der Waals surface area contributed by atoms with Crippen LogP contribution < -0.4 is 0 Å². The molecule has 1 aromatic rings. The maximum Gasteiger partial charge on any atom is 0.0900 e. The Balaban J connectivity index is 1.81. The summed E-state index contributed by atoms with van der Waals surface area (Å²) in [6.45, 7) is 4.54. The van der Waals surface area contributed by atoms with E-state index in [2.05, 4.69) is 16.8 Å². The second-order valence-corrected chi connectivity index (χ2v) is 4.44. The van der Waals surface area contributed by atoms with Gasteiger partial charge in [0.1, 0.15) is 0 Å². The van der Waals surface area contributed by atoms with Crippen LogP contribution in [0.15, 0.2) is 24.4 Å². The third-order valence-corrected chi connectivity index (χ3v) is 2.86. The molecule has 1 N–H and O–H groups in total.